The molecule has 1 amide bonds. The summed E-state index contributed by atoms with van der Waals surface area (Å²) in [6, 6.07) is 8.35. The summed E-state index contributed by atoms with van der Waals surface area (Å²) in [6.45, 7) is -3.09. The lowest BCUT2D eigenvalue weighted by Gasteiger charge is -2.18. The minimum absolute atomic E-state index is 0.0924. The van der Waals surface area contributed by atoms with Gasteiger partial charge in [0.15, 0.2) is 0 Å². The van der Waals surface area contributed by atoms with Crippen LogP contribution in [0.5, 0.6) is 5.75 Å². The number of nitrogens with zero attached hydrogens (tertiary/aromatic N) is 1. The normalized spacial score (nSPS) is 10.7. The van der Waals surface area contributed by atoms with Gasteiger partial charge >= 0.3 is 6.61 Å². The second-order valence-electron chi connectivity index (χ2n) is 4.80. The van der Waals surface area contributed by atoms with E-state index in [9.17, 15) is 22.4 Å². The number of ether oxygens (including phenoxy) is 1. The largest absolute Gasteiger partial charge is 0.435 e. The fourth-order valence-corrected chi connectivity index (χ4v) is 2.00. The van der Waals surface area contributed by atoms with Crippen LogP contribution >= 0.6 is 0 Å². The second kappa shape index (κ2) is 7.13. The van der Waals surface area contributed by atoms with Gasteiger partial charge in [-0.15, -0.1) is 0 Å². The summed E-state index contributed by atoms with van der Waals surface area (Å²) in [4.78, 5) is 13.4. The number of halogens is 4. The van der Waals surface area contributed by atoms with Gasteiger partial charge in [-0.3, -0.25) is 4.79 Å². The number of benzene rings is 2. The molecule has 0 bridgehead atoms. The molecule has 7 heteroatoms. The molecule has 0 atom stereocenters. The molecular weight excluding hydrogens is 314 g/mol. The molecule has 0 fully saturated rings. The Morgan fingerprint density at radius 2 is 1.91 bits per heavy atom. The minimum Gasteiger partial charge on any atom is -0.435 e. The molecule has 122 valence electrons. The van der Waals surface area contributed by atoms with Crippen LogP contribution in [0.15, 0.2) is 42.5 Å². The number of amides is 1. The molecular formula is C16H13F4NO2. The molecule has 0 unspecified atom stereocenters. The van der Waals surface area contributed by atoms with E-state index in [1.807, 2.05) is 0 Å². The summed E-state index contributed by atoms with van der Waals surface area (Å²) < 4.78 is 55.1. The van der Waals surface area contributed by atoms with Gasteiger partial charge in [0.25, 0.3) is 5.91 Å². The van der Waals surface area contributed by atoms with E-state index in [1.165, 1.54) is 42.3 Å². The van der Waals surface area contributed by atoms with Gasteiger partial charge in [-0.2, -0.15) is 8.78 Å². The summed E-state index contributed by atoms with van der Waals surface area (Å²) in [5, 5.41) is 0. The zero-order chi connectivity index (χ0) is 17.0. The molecule has 0 saturated heterocycles. The third-order valence-electron chi connectivity index (χ3n) is 3.08. The Morgan fingerprint density at radius 1 is 1.17 bits per heavy atom. The summed E-state index contributed by atoms with van der Waals surface area (Å²) in [5.41, 5.74) is 0.260. The van der Waals surface area contributed by atoms with Gasteiger partial charge in [0.05, 0.1) is 0 Å². The Morgan fingerprint density at radius 3 is 2.57 bits per heavy atom. The van der Waals surface area contributed by atoms with Crippen LogP contribution in [0.1, 0.15) is 15.9 Å². The molecule has 0 heterocycles. The molecule has 3 nitrogen and oxygen atoms in total. The first-order valence-corrected chi connectivity index (χ1v) is 6.61. The monoisotopic (exact) mass is 327 g/mol. The lowest BCUT2D eigenvalue weighted by molar-refractivity contribution is -0.0499. The lowest BCUT2D eigenvalue weighted by Crippen LogP contribution is -2.26. The van der Waals surface area contributed by atoms with Crippen molar-refractivity contribution >= 4 is 5.91 Å². The first kappa shape index (κ1) is 16.8. The zero-order valence-corrected chi connectivity index (χ0v) is 12.1. The number of carbonyl (C=O) groups is 1. The molecule has 2 aromatic rings. The van der Waals surface area contributed by atoms with Crippen molar-refractivity contribution in [2.24, 2.45) is 0 Å². The van der Waals surface area contributed by atoms with Gasteiger partial charge in [0.2, 0.25) is 0 Å². The van der Waals surface area contributed by atoms with E-state index in [2.05, 4.69) is 4.74 Å². The molecule has 2 aromatic carbocycles. The average molecular weight is 327 g/mol. The van der Waals surface area contributed by atoms with E-state index < -0.39 is 24.2 Å². The summed E-state index contributed by atoms with van der Waals surface area (Å²) >= 11 is 0. The van der Waals surface area contributed by atoms with Crippen molar-refractivity contribution in [1.29, 1.82) is 0 Å². The molecule has 0 saturated carbocycles. The highest BCUT2D eigenvalue weighted by Gasteiger charge is 2.15. The Bertz CT molecular complexity index is 706. The van der Waals surface area contributed by atoms with E-state index in [0.29, 0.717) is 0 Å². The number of rotatable bonds is 5. The summed E-state index contributed by atoms with van der Waals surface area (Å²) in [5.74, 6) is -2.13. The molecule has 0 aliphatic rings. The van der Waals surface area contributed by atoms with Gasteiger partial charge in [-0.05, 0) is 24.3 Å². The molecule has 0 N–H and O–H groups in total. The van der Waals surface area contributed by atoms with Crippen LogP contribution in [-0.2, 0) is 6.54 Å². The Kier molecular flexibility index (Phi) is 5.20. The van der Waals surface area contributed by atoms with Gasteiger partial charge in [-0.25, -0.2) is 8.78 Å². The van der Waals surface area contributed by atoms with Gasteiger partial charge in [0, 0.05) is 30.8 Å². The number of carbonyl (C=O) groups excluding carboxylic acids is 1. The molecule has 0 aromatic heterocycles. The van der Waals surface area contributed by atoms with Crippen LogP contribution in [0, 0.1) is 11.6 Å². The van der Waals surface area contributed by atoms with Gasteiger partial charge < -0.3 is 9.64 Å². The molecule has 23 heavy (non-hydrogen) atoms. The Labute approximate surface area is 130 Å². The van der Waals surface area contributed by atoms with Crippen molar-refractivity contribution in [2.75, 3.05) is 7.05 Å². The van der Waals surface area contributed by atoms with E-state index in [4.69, 9.17) is 0 Å². The third kappa shape index (κ3) is 4.45. The molecule has 0 spiro atoms. The molecule has 0 radical (unpaired) electrons. The third-order valence-corrected chi connectivity index (χ3v) is 3.08. The quantitative estimate of drug-likeness (QED) is 0.781. The fraction of sp³-hybridized carbons (Fsp3) is 0.188. The first-order valence-electron chi connectivity index (χ1n) is 6.61. The highest BCUT2D eigenvalue weighted by molar-refractivity contribution is 5.94. The Balaban J connectivity index is 2.13. The predicted octanol–water partition coefficient (Wildman–Crippen LogP) is 3.84. The standard InChI is InChI=1S/C16H13F4NO2/c1-21(9-11-5-6-12(17)8-14(11)18)15(22)10-3-2-4-13(7-10)23-16(19)20/h2-8,16H,9H2,1H3. The van der Waals surface area contributed by atoms with E-state index in [-0.39, 0.29) is 23.4 Å². The van der Waals surface area contributed by atoms with Gasteiger partial charge in [-0.1, -0.05) is 12.1 Å². The molecule has 0 aliphatic carbocycles. The van der Waals surface area contributed by atoms with Crippen LogP contribution in [0.25, 0.3) is 0 Å². The molecule has 2 rings (SSSR count). The van der Waals surface area contributed by atoms with Crippen molar-refractivity contribution in [1.82, 2.24) is 4.90 Å². The number of hydrogen-bond acceptors (Lipinski definition) is 2. The van der Waals surface area contributed by atoms with Crippen molar-refractivity contribution in [3.8, 4) is 5.75 Å². The van der Waals surface area contributed by atoms with E-state index in [1.54, 1.807) is 0 Å². The topological polar surface area (TPSA) is 29.5 Å². The van der Waals surface area contributed by atoms with Crippen LogP contribution < -0.4 is 4.74 Å². The highest BCUT2D eigenvalue weighted by atomic mass is 19.3. The summed E-state index contributed by atoms with van der Waals surface area (Å²) in [7, 11) is 1.42. The fourth-order valence-electron chi connectivity index (χ4n) is 2.00. The zero-order valence-electron chi connectivity index (χ0n) is 12.1. The van der Waals surface area contributed by atoms with Crippen LogP contribution in [-0.4, -0.2) is 24.5 Å². The maximum Gasteiger partial charge on any atom is 0.387 e. The van der Waals surface area contributed by atoms with Crippen LogP contribution in [0.2, 0.25) is 0 Å². The maximum absolute atomic E-state index is 13.6. The van der Waals surface area contributed by atoms with Crippen molar-refractivity contribution < 1.29 is 27.1 Å². The van der Waals surface area contributed by atoms with Crippen LogP contribution in [0.4, 0.5) is 17.6 Å². The first-order chi connectivity index (χ1) is 10.9. The SMILES string of the molecule is CN(Cc1ccc(F)cc1F)C(=O)c1cccc(OC(F)F)c1. The predicted molar refractivity (Wildman–Crippen MR) is 75.2 cm³/mol. The number of alkyl halides is 2. The van der Waals surface area contributed by atoms with E-state index in [0.717, 1.165) is 12.1 Å². The van der Waals surface area contributed by atoms with Crippen molar-refractivity contribution in [3.05, 3.63) is 65.2 Å². The minimum atomic E-state index is -2.99. The maximum atomic E-state index is 13.6. The highest BCUT2D eigenvalue weighted by Crippen LogP contribution is 2.18. The number of hydrogen-bond donors (Lipinski definition) is 0. The molecule has 0 aliphatic heterocycles. The van der Waals surface area contributed by atoms with E-state index >= 15 is 0 Å². The van der Waals surface area contributed by atoms with Crippen LogP contribution in [0.3, 0.4) is 0 Å². The van der Waals surface area contributed by atoms with Crippen molar-refractivity contribution in [3.63, 3.8) is 0 Å². The van der Waals surface area contributed by atoms with Gasteiger partial charge in [0.1, 0.15) is 17.4 Å². The summed E-state index contributed by atoms with van der Waals surface area (Å²) in [6.07, 6.45) is 0. The average Bonchev–Trinajstić information content (AvgIpc) is 2.49. The lowest BCUT2D eigenvalue weighted by atomic mass is 10.1. The smallest absolute Gasteiger partial charge is 0.387 e. The Hall–Kier alpha value is -2.57. The second-order valence-corrected chi connectivity index (χ2v) is 4.80. The van der Waals surface area contributed by atoms with Crippen molar-refractivity contribution in [2.45, 2.75) is 13.2 Å².